The standard InChI is InChI=1S/C15H16N6O2/c1-10-6-4-5-7-13(10)23-9-12-11(2)8-16-17-14(12)21-15(22)20(3)18-19-21/h4-8H,9H2,1-3H3/i4T. The largest absolute Gasteiger partial charge is 0.488 e. The van der Waals surface area contributed by atoms with Crippen LogP contribution in [0.2, 0.25) is 0 Å². The smallest absolute Gasteiger partial charge is 0.369 e. The van der Waals surface area contributed by atoms with E-state index in [1.807, 2.05) is 13.8 Å². The molecule has 118 valence electrons. The molecule has 1 aromatic carbocycles. The van der Waals surface area contributed by atoms with Crippen LogP contribution >= 0.6 is 0 Å². The molecule has 0 radical (unpaired) electrons. The van der Waals surface area contributed by atoms with Crippen LogP contribution in [0.3, 0.4) is 0 Å². The highest BCUT2D eigenvalue weighted by Crippen LogP contribution is 2.20. The van der Waals surface area contributed by atoms with Gasteiger partial charge in [0.1, 0.15) is 12.4 Å². The number of aryl methyl sites for hydroxylation is 3. The fourth-order valence-corrected chi connectivity index (χ4v) is 2.09. The molecule has 0 aliphatic carbocycles. The first-order chi connectivity index (χ1) is 11.5. The van der Waals surface area contributed by atoms with E-state index in [1.165, 1.54) is 7.05 Å². The summed E-state index contributed by atoms with van der Waals surface area (Å²) in [5.74, 6) is 0.961. The van der Waals surface area contributed by atoms with E-state index >= 15 is 0 Å². The van der Waals surface area contributed by atoms with E-state index in [0.29, 0.717) is 23.2 Å². The summed E-state index contributed by atoms with van der Waals surface area (Å²) >= 11 is 0. The second-order valence-electron chi connectivity index (χ2n) is 5.11. The molecule has 0 aliphatic rings. The van der Waals surface area contributed by atoms with E-state index in [2.05, 4.69) is 20.6 Å². The van der Waals surface area contributed by atoms with Gasteiger partial charge < -0.3 is 4.74 Å². The third kappa shape index (κ3) is 2.83. The van der Waals surface area contributed by atoms with Crippen LogP contribution in [0, 0.1) is 13.8 Å². The van der Waals surface area contributed by atoms with Crippen molar-refractivity contribution in [2.75, 3.05) is 0 Å². The predicted molar refractivity (Wildman–Crippen MR) is 82.4 cm³/mol. The van der Waals surface area contributed by atoms with Crippen molar-refractivity contribution in [3.63, 3.8) is 0 Å². The van der Waals surface area contributed by atoms with E-state index in [9.17, 15) is 4.79 Å². The van der Waals surface area contributed by atoms with Crippen molar-refractivity contribution >= 4 is 0 Å². The lowest BCUT2D eigenvalue weighted by atomic mass is 10.2. The first-order valence-electron chi connectivity index (χ1n) is 7.48. The topological polar surface area (TPSA) is 87.7 Å². The van der Waals surface area contributed by atoms with Gasteiger partial charge in [0.2, 0.25) is 0 Å². The Bertz CT molecular complexity index is 949. The minimum Gasteiger partial charge on any atom is -0.488 e. The van der Waals surface area contributed by atoms with Crippen LogP contribution in [0.1, 0.15) is 18.1 Å². The number of ether oxygens (including phenoxy) is 1. The first kappa shape index (κ1) is 13.6. The molecule has 8 nitrogen and oxygen atoms in total. The van der Waals surface area contributed by atoms with Gasteiger partial charge in [-0.05, 0) is 41.5 Å². The number of rotatable bonds is 4. The fraction of sp³-hybridized carbons (Fsp3) is 0.267. The van der Waals surface area contributed by atoms with Gasteiger partial charge in [0.15, 0.2) is 5.82 Å². The van der Waals surface area contributed by atoms with Gasteiger partial charge >= 0.3 is 5.69 Å². The van der Waals surface area contributed by atoms with Crippen LogP contribution < -0.4 is 10.4 Å². The average Bonchev–Trinajstić information content (AvgIpc) is 2.87. The van der Waals surface area contributed by atoms with Crippen LogP contribution in [0.4, 0.5) is 0 Å². The maximum atomic E-state index is 12.1. The van der Waals surface area contributed by atoms with Crippen LogP contribution in [0.25, 0.3) is 5.82 Å². The summed E-state index contributed by atoms with van der Waals surface area (Å²) in [6.07, 6.45) is 1.60. The third-order valence-corrected chi connectivity index (χ3v) is 3.46. The number of hydrogen-bond acceptors (Lipinski definition) is 6. The zero-order chi connectivity index (χ0) is 17.3. The van der Waals surface area contributed by atoms with Crippen molar-refractivity contribution < 1.29 is 6.11 Å². The van der Waals surface area contributed by atoms with Crippen molar-refractivity contribution in [1.82, 2.24) is 30.0 Å². The maximum Gasteiger partial charge on any atom is 0.369 e. The molecule has 0 fully saturated rings. The van der Waals surface area contributed by atoms with Crippen LogP contribution in [-0.2, 0) is 13.7 Å². The average molecular weight is 314 g/mol. The monoisotopic (exact) mass is 314 g/mol. The molecular weight excluding hydrogens is 296 g/mol. The number of benzene rings is 1. The van der Waals surface area contributed by atoms with Crippen molar-refractivity contribution in [3.05, 3.63) is 57.6 Å². The van der Waals surface area contributed by atoms with E-state index in [4.69, 9.17) is 6.11 Å². The van der Waals surface area contributed by atoms with E-state index in [1.54, 1.807) is 24.4 Å². The Balaban J connectivity index is 1.96. The molecular formula is C15H16N6O2. The van der Waals surface area contributed by atoms with Gasteiger partial charge in [-0.3, -0.25) is 0 Å². The Hall–Kier alpha value is -3.03. The Kier molecular flexibility index (Phi) is 3.55. The highest BCUT2D eigenvalue weighted by Gasteiger charge is 2.16. The molecule has 0 unspecified atom stereocenters. The molecule has 0 N–H and O–H groups in total. The lowest BCUT2D eigenvalue weighted by Gasteiger charge is -2.12. The Morgan fingerprint density at radius 3 is 2.78 bits per heavy atom. The van der Waals surface area contributed by atoms with Gasteiger partial charge in [-0.2, -0.15) is 9.78 Å². The third-order valence-electron chi connectivity index (χ3n) is 3.46. The highest BCUT2D eigenvalue weighted by molar-refractivity contribution is 5.37. The van der Waals surface area contributed by atoms with Crippen LogP contribution in [-0.4, -0.2) is 30.0 Å². The molecule has 0 saturated carbocycles. The van der Waals surface area contributed by atoms with Crippen molar-refractivity contribution in [3.8, 4) is 11.6 Å². The number of aromatic nitrogens is 6. The molecule has 3 aromatic rings. The molecule has 0 saturated heterocycles. The van der Waals surface area contributed by atoms with Gasteiger partial charge in [0, 0.05) is 12.6 Å². The zero-order valence-electron chi connectivity index (χ0n) is 14.0. The van der Waals surface area contributed by atoms with Gasteiger partial charge in [-0.15, -0.1) is 9.78 Å². The Morgan fingerprint density at radius 1 is 1.26 bits per heavy atom. The highest BCUT2D eigenvalue weighted by atomic mass is 16.5. The first-order valence-corrected chi connectivity index (χ1v) is 6.98. The molecule has 2 aromatic heterocycles. The SMILES string of the molecule is [3H]c1ccc(OCc2c(C)cnnc2-n2nnn(C)c2=O)c(C)c1. The molecule has 3 rings (SSSR count). The van der Waals surface area contributed by atoms with Gasteiger partial charge in [0.25, 0.3) is 0 Å². The molecule has 0 aliphatic heterocycles. The Morgan fingerprint density at radius 2 is 2.09 bits per heavy atom. The fourth-order valence-electron chi connectivity index (χ4n) is 2.09. The number of tetrazole rings is 1. The Labute approximate surface area is 133 Å². The van der Waals surface area contributed by atoms with Crippen molar-refractivity contribution in [2.45, 2.75) is 20.5 Å². The summed E-state index contributed by atoms with van der Waals surface area (Å²) in [4.78, 5) is 12.1. The minimum atomic E-state index is -0.411. The second kappa shape index (κ2) is 5.99. The van der Waals surface area contributed by atoms with Gasteiger partial charge in [-0.25, -0.2) is 4.79 Å². The molecule has 8 heteroatoms. The molecule has 0 spiro atoms. The van der Waals surface area contributed by atoms with Crippen molar-refractivity contribution in [2.24, 2.45) is 7.05 Å². The quantitative estimate of drug-likeness (QED) is 0.712. The molecule has 23 heavy (non-hydrogen) atoms. The molecule has 0 bridgehead atoms. The summed E-state index contributed by atoms with van der Waals surface area (Å²) in [5, 5.41) is 15.4. The lowest BCUT2D eigenvalue weighted by molar-refractivity contribution is 0.301. The normalized spacial score (nSPS) is 11.3. The second-order valence-corrected chi connectivity index (χ2v) is 5.11. The van der Waals surface area contributed by atoms with Gasteiger partial charge in [-0.1, -0.05) is 18.2 Å². The lowest BCUT2D eigenvalue weighted by Crippen LogP contribution is -2.24. The zero-order valence-corrected chi connectivity index (χ0v) is 13.0. The van der Waals surface area contributed by atoms with Crippen LogP contribution in [0.15, 0.2) is 35.2 Å². The predicted octanol–water partition coefficient (Wildman–Crippen LogP) is 0.952. The summed E-state index contributed by atoms with van der Waals surface area (Å²) in [6.45, 7) is 3.93. The van der Waals surface area contributed by atoms with Crippen LogP contribution in [0.5, 0.6) is 5.75 Å². The maximum absolute atomic E-state index is 12.1. The summed E-state index contributed by atoms with van der Waals surface area (Å²) < 4.78 is 15.7. The van der Waals surface area contributed by atoms with E-state index < -0.39 is 5.69 Å². The molecule has 0 amide bonds. The van der Waals surface area contributed by atoms with Gasteiger partial charge in [0.05, 0.1) is 7.57 Å². The number of hydrogen-bond donors (Lipinski definition) is 0. The summed E-state index contributed by atoms with van der Waals surface area (Å²) in [5.41, 5.74) is 1.97. The summed E-state index contributed by atoms with van der Waals surface area (Å²) in [7, 11) is 1.51. The van der Waals surface area contributed by atoms with E-state index in [-0.39, 0.29) is 6.61 Å². The van der Waals surface area contributed by atoms with Crippen molar-refractivity contribution in [1.29, 1.82) is 0 Å². The summed E-state index contributed by atoms with van der Waals surface area (Å²) in [6, 6.07) is 5.55. The van der Waals surface area contributed by atoms with E-state index in [0.717, 1.165) is 20.5 Å². The molecule has 0 atom stereocenters. The molecule has 2 heterocycles. The number of nitrogens with zero attached hydrogens (tertiary/aromatic N) is 6. The minimum absolute atomic E-state index is 0.192. The number of para-hydroxylation sites is 1.